The van der Waals surface area contributed by atoms with E-state index in [0.29, 0.717) is 12.5 Å². The molecule has 0 saturated heterocycles. The van der Waals surface area contributed by atoms with Crippen molar-refractivity contribution >= 4 is 0 Å². The Kier molecular flexibility index (Phi) is 3.47. The fourth-order valence-corrected chi connectivity index (χ4v) is 1.22. The van der Waals surface area contributed by atoms with Gasteiger partial charge in [0.1, 0.15) is 6.61 Å². The molecule has 0 radical (unpaired) electrons. The third kappa shape index (κ3) is 2.70. The van der Waals surface area contributed by atoms with Crippen molar-refractivity contribution in [3.05, 3.63) is 23.9 Å². The molecule has 1 heterocycles. The number of aliphatic hydroxyl groups is 1. The van der Waals surface area contributed by atoms with Gasteiger partial charge >= 0.3 is 0 Å². The van der Waals surface area contributed by atoms with Gasteiger partial charge in [0, 0.05) is 11.8 Å². The second kappa shape index (κ2) is 4.42. The molecule has 1 rings (SSSR count). The molecule has 3 nitrogen and oxygen atoms in total. The van der Waals surface area contributed by atoms with E-state index in [9.17, 15) is 0 Å². The highest BCUT2D eigenvalue weighted by molar-refractivity contribution is 5.31. The molecule has 0 spiro atoms. The van der Waals surface area contributed by atoms with Crippen LogP contribution in [0.15, 0.2) is 18.3 Å². The molecule has 0 aliphatic carbocycles. The van der Waals surface area contributed by atoms with Crippen molar-refractivity contribution in [3.8, 4) is 5.88 Å². The fourth-order valence-electron chi connectivity index (χ4n) is 1.22. The van der Waals surface area contributed by atoms with Gasteiger partial charge in [-0.25, -0.2) is 4.98 Å². The van der Waals surface area contributed by atoms with Gasteiger partial charge in [0.25, 0.3) is 0 Å². The van der Waals surface area contributed by atoms with Gasteiger partial charge in [-0.1, -0.05) is 26.8 Å². The van der Waals surface area contributed by atoms with Gasteiger partial charge in [0.15, 0.2) is 0 Å². The Morgan fingerprint density at radius 3 is 2.71 bits per heavy atom. The van der Waals surface area contributed by atoms with Crippen LogP contribution in [0, 0.1) is 0 Å². The highest BCUT2D eigenvalue weighted by Gasteiger charge is 2.19. The molecule has 14 heavy (non-hydrogen) atoms. The Bertz CT molecular complexity index is 292. The first-order chi connectivity index (χ1) is 6.55. The molecule has 0 amide bonds. The predicted molar refractivity (Wildman–Crippen MR) is 55.5 cm³/mol. The molecule has 3 heteroatoms. The zero-order chi connectivity index (χ0) is 10.6. The van der Waals surface area contributed by atoms with Crippen LogP contribution >= 0.6 is 0 Å². The highest BCUT2D eigenvalue weighted by Crippen LogP contribution is 2.28. The van der Waals surface area contributed by atoms with Crippen molar-refractivity contribution in [2.24, 2.45) is 0 Å². The summed E-state index contributed by atoms with van der Waals surface area (Å²) in [6.45, 7) is 6.63. The maximum absolute atomic E-state index is 8.67. The lowest BCUT2D eigenvalue weighted by atomic mass is 9.88. The smallest absolute Gasteiger partial charge is 0.217 e. The van der Waals surface area contributed by atoms with Crippen molar-refractivity contribution < 1.29 is 9.84 Å². The van der Waals surface area contributed by atoms with Gasteiger partial charge in [-0.3, -0.25) is 0 Å². The zero-order valence-electron chi connectivity index (χ0n) is 8.95. The number of nitrogens with zero attached hydrogens (tertiary/aromatic N) is 1. The molecule has 0 aliphatic heterocycles. The second-order valence-electron chi connectivity index (χ2n) is 4.18. The standard InChI is InChI=1S/C11H17NO2/c1-11(2,3)9-5-4-6-12-10(9)14-8-7-13/h4-6,13H,7-8H2,1-3H3. The Morgan fingerprint density at radius 1 is 1.43 bits per heavy atom. The summed E-state index contributed by atoms with van der Waals surface area (Å²) in [4.78, 5) is 4.15. The molecular formula is C11H17NO2. The molecule has 0 aliphatic rings. The molecule has 0 fully saturated rings. The van der Waals surface area contributed by atoms with E-state index in [1.54, 1.807) is 6.20 Å². The van der Waals surface area contributed by atoms with Crippen molar-refractivity contribution in [1.82, 2.24) is 4.98 Å². The Hall–Kier alpha value is -1.09. The van der Waals surface area contributed by atoms with Crippen molar-refractivity contribution in [2.45, 2.75) is 26.2 Å². The van der Waals surface area contributed by atoms with E-state index in [2.05, 4.69) is 25.8 Å². The molecule has 0 aromatic carbocycles. The number of hydrogen-bond acceptors (Lipinski definition) is 3. The van der Waals surface area contributed by atoms with E-state index < -0.39 is 0 Å². The summed E-state index contributed by atoms with van der Waals surface area (Å²) >= 11 is 0. The van der Waals surface area contributed by atoms with Crippen molar-refractivity contribution in [1.29, 1.82) is 0 Å². The Morgan fingerprint density at radius 2 is 2.14 bits per heavy atom. The van der Waals surface area contributed by atoms with E-state index in [0.717, 1.165) is 5.56 Å². The normalized spacial score (nSPS) is 11.4. The first-order valence-electron chi connectivity index (χ1n) is 4.75. The summed E-state index contributed by atoms with van der Waals surface area (Å²) < 4.78 is 5.35. The van der Waals surface area contributed by atoms with Gasteiger partial charge in [0.2, 0.25) is 5.88 Å². The number of pyridine rings is 1. The molecule has 1 N–H and O–H groups in total. The maximum atomic E-state index is 8.67. The molecule has 78 valence electrons. The lowest BCUT2D eigenvalue weighted by Crippen LogP contribution is -2.15. The third-order valence-electron chi connectivity index (χ3n) is 1.91. The summed E-state index contributed by atoms with van der Waals surface area (Å²) in [5.41, 5.74) is 1.08. The maximum Gasteiger partial charge on any atom is 0.217 e. The Balaban J connectivity index is 2.92. The van der Waals surface area contributed by atoms with Gasteiger partial charge in [-0.2, -0.15) is 0 Å². The van der Waals surface area contributed by atoms with Gasteiger partial charge in [-0.05, 0) is 11.5 Å². The molecule has 0 bridgehead atoms. The topological polar surface area (TPSA) is 42.4 Å². The zero-order valence-corrected chi connectivity index (χ0v) is 8.95. The van der Waals surface area contributed by atoms with Gasteiger partial charge in [0.05, 0.1) is 6.61 Å². The number of aliphatic hydroxyl groups excluding tert-OH is 1. The van der Waals surface area contributed by atoms with Crippen LogP contribution in [0.1, 0.15) is 26.3 Å². The molecular weight excluding hydrogens is 178 g/mol. The number of ether oxygens (including phenoxy) is 1. The minimum absolute atomic E-state index is 0.0129. The predicted octanol–water partition coefficient (Wildman–Crippen LogP) is 1.75. The van der Waals surface area contributed by atoms with Crippen LogP contribution in [0.25, 0.3) is 0 Å². The quantitative estimate of drug-likeness (QED) is 0.799. The minimum atomic E-state index is 0.0129. The van der Waals surface area contributed by atoms with E-state index in [1.165, 1.54) is 0 Å². The van der Waals surface area contributed by atoms with Gasteiger partial charge < -0.3 is 9.84 Å². The second-order valence-corrected chi connectivity index (χ2v) is 4.18. The summed E-state index contributed by atoms with van der Waals surface area (Å²) in [5.74, 6) is 0.619. The molecule has 1 aromatic heterocycles. The van der Waals surface area contributed by atoms with Crippen LogP contribution in [0.4, 0.5) is 0 Å². The summed E-state index contributed by atoms with van der Waals surface area (Å²) in [6.07, 6.45) is 1.70. The average molecular weight is 195 g/mol. The van der Waals surface area contributed by atoms with Crippen molar-refractivity contribution in [2.75, 3.05) is 13.2 Å². The lowest BCUT2D eigenvalue weighted by molar-refractivity contribution is 0.194. The fraction of sp³-hybridized carbons (Fsp3) is 0.545. The number of hydrogen-bond donors (Lipinski definition) is 1. The van der Waals surface area contributed by atoms with Crippen LogP contribution in [0.5, 0.6) is 5.88 Å². The van der Waals surface area contributed by atoms with Crippen LogP contribution in [0.2, 0.25) is 0 Å². The molecule has 0 unspecified atom stereocenters. The van der Waals surface area contributed by atoms with E-state index in [4.69, 9.17) is 9.84 Å². The summed E-state index contributed by atoms with van der Waals surface area (Å²) in [6, 6.07) is 3.89. The average Bonchev–Trinajstić information content (AvgIpc) is 2.14. The van der Waals surface area contributed by atoms with Gasteiger partial charge in [-0.15, -0.1) is 0 Å². The SMILES string of the molecule is CC(C)(C)c1cccnc1OCCO. The van der Waals surface area contributed by atoms with E-state index >= 15 is 0 Å². The molecule has 0 saturated carbocycles. The van der Waals surface area contributed by atoms with E-state index in [1.807, 2.05) is 12.1 Å². The minimum Gasteiger partial charge on any atom is -0.475 e. The third-order valence-corrected chi connectivity index (χ3v) is 1.91. The summed E-state index contributed by atoms with van der Waals surface area (Å²) in [7, 11) is 0. The van der Waals surface area contributed by atoms with Crippen LogP contribution in [0.3, 0.4) is 0 Å². The van der Waals surface area contributed by atoms with Crippen LogP contribution < -0.4 is 4.74 Å². The Labute approximate surface area is 84.7 Å². The monoisotopic (exact) mass is 195 g/mol. The summed E-state index contributed by atoms with van der Waals surface area (Å²) in [5, 5.41) is 8.67. The highest BCUT2D eigenvalue weighted by atomic mass is 16.5. The van der Waals surface area contributed by atoms with E-state index in [-0.39, 0.29) is 12.0 Å². The lowest BCUT2D eigenvalue weighted by Gasteiger charge is -2.21. The molecule has 0 atom stereocenters. The first kappa shape index (κ1) is 11.0. The number of rotatable bonds is 3. The first-order valence-corrected chi connectivity index (χ1v) is 4.75. The van der Waals surface area contributed by atoms with Crippen LogP contribution in [-0.2, 0) is 5.41 Å². The largest absolute Gasteiger partial charge is 0.475 e. The van der Waals surface area contributed by atoms with Crippen LogP contribution in [-0.4, -0.2) is 23.3 Å². The number of aromatic nitrogens is 1. The molecule has 1 aromatic rings. The van der Waals surface area contributed by atoms with Crippen molar-refractivity contribution in [3.63, 3.8) is 0 Å².